The summed E-state index contributed by atoms with van der Waals surface area (Å²) in [6, 6.07) is 43.9. The molecular weight excluding hydrogens is 360 g/mol. The van der Waals surface area contributed by atoms with Gasteiger partial charge in [0.05, 0.1) is 0 Å². The fourth-order valence-electron chi connectivity index (χ4n) is 4.61. The van der Waals surface area contributed by atoms with Crippen LogP contribution in [0.5, 0.6) is 0 Å². The van der Waals surface area contributed by atoms with E-state index in [1.54, 1.807) is 0 Å². The van der Waals surface area contributed by atoms with E-state index in [0.29, 0.717) is 0 Å². The van der Waals surface area contributed by atoms with Crippen molar-refractivity contribution in [2.75, 3.05) is 0 Å². The molecule has 0 aliphatic rings. The summed E-state index contributed by atoms with van der Waals surface area (Å²) in [7, 11) is 0. The molecule has 0 atom stereocenters. The van der Waals surface area contributed by atoms with Crippen LogP contribution in [-0.2, 0) is 0 Å². The van der Waals surface area contributed by atoms with Crippen molar-refractivity contribution in [3.05, 3.63) is 121 Å². The maximum Gasteiger partial charge on any atom is -0.00208 e. The summed E-state index contributed by atoms with van der Waals surface area (Å²) in [5.41, 5.74) is 2.56. The molecule has 0 fully saturated rings. The van der Waals surface area contributed by atoms with Crippen LogP contribution in [-0.4, -0.2) is 0 Å². The van der Waals surface area contributed by atoms with E-state index in [4.69, 9.17) is 0 Å². The average Bonchev–Trinajstić information content (AvgIpc) is 2.80. The van der Waals surface area contributed by atoms with Crippen molar-refractivity contribution in [2.24, 2.45) is 0 Å². The topological polar surface area (TPSA) is 0 Å². The molecule has 0 unspecified atom stereocenters. The Bertz CT molecular complexity index is 1530. The zero-order valence-corrected chi connectivity index (χ0v) is 16.5. The SMILES string of the molecule is c1ccc(-c2c3ccccc3cc3ccccc23)c2ccc3cccc(cc1)c3c2. The molecule has 0 aliphatic carbocycles. The molecule has 6 aromatic carbocycles. The zero-order valence-electron chi connectivity index (χ0n) is 16.5. The van der Waals surface area contributed by atoms with Crippen LogP contribution in [0.1, 0.15) is 0 Å². The van der Waals surface area contributed by atoms with Crippen LogP contribution in [0, 0.1) is 0 Å². The summed E-state index contributed by atoms with van der Waals surface area (Å²) < 4.78 is 0. The number of hydrogen-bond donors (Lipinski definition) is 0. The van der Waals surface area contributed by atoms with Crippen molar-refractivity contribution < 1.29 is 0 Å². The molecule has 0 saturated carbocycles. The van der Waals surface area contributed by atoms with Crippen LogP contribution >= 0.6 is 0 Å². The smallest absolute Gasteiger partial charge is 0.00208 e. The normalized spacial score (nSPS) is 11.3. The second kappa shape index (κ2) is 6.86. The highest BCUT2D eigenvalue weighted by Gasteiger charge is 2.11. The van der Waals surface area contributed by atoms with Gasteiger partial charge in [0.1, 0.15) is 0 Å². The number of rotatable bonds is 1. The zero-order chi connectivity index (χ0) is 19.9. The maximum absolute atomic E-state index is 2.34. The highest BCUT2D eigenvalue weighted by Crippen LogP contribution is 2.38. The van der Waals surface area contributed by atoms with E-state index in [9.17, 15) is 0 Å². The number of hydrogen-bond acceptors (Lipinski definition) is 0. The van der Waals surface area contributed by atoms with Crippen molar-refractivity contribution in [1.82, 2.24) is 0 Å². The fraction of sp³-hybridized carbons (Fsp3) is 0. The Labute approximate surface area is 175 Å². The Morgan fingerprint density at radius 3 is 1.60 bits per heavy atom. The lowest BCUT2D eigenvalue weighted by Crippen LogP contribution is -1.86. The van der Waals surface area contributed by atoms with E-state index in [-0.39, 0.29) is 0 Å². The van der Waals surface area contributed by atoms with Gasteiger partial charge in [-0.1, -0.05) is 109 Å². The highest BCUT2D eigenvalue weighted by atomic mass is 14.1. The summed E-state index contributed by atoms with van der Waals surface area (Å²) in [5, 5.41) is 10.2. The number of fused-ring (bicyclic) bond motifs is 3. The van der Waals surface area contributed by atoms with E-state index in [1.807, 2.05) is 0 Å². The second-order valence-electron chi connectivity index (χ2n) is 7.80. The van der Waals surface area contributed by atoms with Crippen LogP contribution < -0.4 is 0 Å². The molecule has 6 rings (SSSR count). The Kier molecular flexibility index (Phi) is 3.89. The van der Waals surface area contributed by atoms with Crippen molar-refractivity contribution >= 4 is 43.1 Å². The minimum absolute atomic E-state index is 1.25. The lowest BCUT2D eigenvalue weighted by Gasteiger charge is -2.13. The standard InChI is InChI=1S/C30H20/c1-2-9-21-12-8-13-22-17-18-25(20-29(21)22)28(14-3-1)30-26-15-6-4-10-23(26)19-24-11-5-7-16-27(24)30/h1-20H. The van der Waals surface area contributed by atoms with Gasteiger partial charge in [-0.05, 0) is 66.3 Å². The van der Waals surface area contributed by atoms with Crippen LogP contribution in [0.15, 0.2) is 121 Å². The summed E-state index contributed by atoms with van der Waals surface area (Å²) in [6.07, 6.45) is 0. The van der Waals surface area contributed by atoms with Crippen LogP contribution in [0.4, 0.5) is 0 Å². The van der Waals surface area contributed by atoms with Gasteiger partial charge in [0.25, 0.3) is 0 Å². The molecule has 2 bridgehead atoms. The van der Waals surface area contributed by atoms with E-state index >= 15 is 0 Å². The molecule has 0 saturated heterocycles. The van der Waals surface area contributed by atoms with Gasteiger partial charge in [0, 0.05) is 0 Å². The van der Waals surface area contributed by atoms with Crippen LogP contribution in [0.25, 0.3) is 54.2 Å². The predicted molar refractivity (Wildman–Crippen MR) is 131 cm³/mol. The Balaban J connectivity index is 1.84. The molecule has 0 N–H and O–H groups in total. The molecule has 0 nitrogen and oxygen atoms in total. The van der Waals surface area contributed by atoms with Crippen LogP contribution in [0.3, 0.4) is 0 Å². The Morgan fingerprint density at radius 2 is 0.833 bits per heavy atom. The Morgan fingerprint density at radius 1 is 0.300 bits per heavy atom. The van der Waals surface area contributed by atoms with Gasteiger partial charge in [-0.25, -0.2) is 0 Å². The van der Waals surface area contributed by atoms with Gasteiger partial charge in [-0.15, -0.1) is 0 Å². The van der Waals surface area contributed by atoms with Gasteiger partial charge >= 0.3 is 0 Å². The molecule has 6 aromatic rings. The van der Waals surface area contributed by atoms with Gasteiger partial charge in [-0.2, -0.15) is 0 Å². The molecule has 140 valence electrons. The first-order valence-electron chi connectivity index (χ1n) is 10.4. The van der Waals surface area contributed by atoms with E-state index < -0.39 is 0 Å². The minimum Gasteiger partial charge on any atom is -0.0622 e. The monoisotopic (exact) mass is 380 g/mol. The first-order chi connectivity index (χ1) is 14.9. The van der Waals surface area contributed by atoms with Gasteiger partial charge in [0.2, 0.25) is 0 Å². The first kappa shape index (κ1) is 17.0. The summed E-state index contributed by atoms with van der Waals surface area (Å²) in [4.78, 5) is 0. The van der Waals surface area contributed by atoms with Crippen LogP contribution in [0.2, 0.25) is 0 Å². The maximum atomic E-state index is 2.34. The lowest BCUT2D eigenvalue weighted by atomic mass is 9.90. The fourth-order valence-corrected chi connectivity index (χ4v) is 4.61. The average molecular weight is 380 g/mol. The van der Waals surface area contributed by atoms with Crippen molar-refractivity contribution in [1.29, 1.82) is 0 Å². The van der Waals surface area contributed by atoms with E-state index in [0.717, 1.165) is 0 Å². The van der Waals surface area contributed by atoms with Gasteiger partial charge in [0.15, 0.2) is 0 Å². The molecule has 0 spiro atoms. The molecule has 0 amide bonds. The second-order valence-corrected chi connectivity index (χ2v) is 7.80. The third-order valence-corrected chi connectivity index (χ3v) is 6.03. The predicted octanol–water partition coefficient (Wildman–Crippen LogP) is 8.53. The molecular formula is C30H20. The lowest BCUT2D eigenvalue weighted by molar-refractivity contribution is 1.71. The molecule has 30 heavy (non-hydrogen) atoms. The molecule has 0 aliphatic heterocycles. The summed E-state index contributed by atoms with van der Waals surface area (Å²) in [6.45, 7) is 0. The van der Waals surface area contributed by atoms with Gasteiger partial charge in [-0.3, -0.25) is 0 Å². The molecule has 0 aromatic heterocycles. The summed E-state index contributed by atoms with van der Waals surface area (Å²) >= 11 is 0. The molecule has 0 heteroatoms. The van der Waals surface area contributed by atoms with E-state index in [2.05, 4.69) is 121 Å². The minimum atomic E-state index is 1.25. The highest BCUT2D eigenvalue weighted by molar-refractivity contribution is 6.15. The molecule has 0 radical (unpaired) electrons. The summed E-state index contributed by atoms with van der Waals surface area (Å²) in [5.74, 6) is 0. The molecule has 0 heterocycles. The first-order valence-corrected chi connectivity index (χ1v) is 10.4. The Hall–Kier alpha value is -3.90. The quantitative estimate of drug-likeness (QED) is 0.251. The van der Waals surface area contributed by atoms with Gasteiger partial charge < -0.3 is 0 Å². The third kappa shape index (κ3) is 2.69. The van der Waals surface area contributed by atoms with Crippen molar-refractivity contribution in [3.8, 4) is 11.1 Å². The van der Waals surface area contributed by atoms with Crippen molar-refractivity contribution in [2.45, 2.75) is 0 Å². The van der Waals surface area contributed by atoms with Crippen molar-refractivity contribution in [3.63, 3.8) is 0 Å². The van der Waals surface area contributed by atoms with E-state index in [1.165, 1.54) is 54.2 Å². The third-order valence-electron chi connectivity index (χ3n) is 6.03. The largest absolute Gasteiger partial charge is 0.0622 e. The number of benzene rings is 5.